The fourth-order valence-corrected chi connectivity index (χ4v) is 2.29. The van der Waals surface area contributed by atoms with Crippen molar-refractivity contribution in [3.05, 3.63) is 41.5 Å². The summed E-state index contributed by atoms with van der Waals surface area (Å²) < 4.78 is 10.4. The molecule has 1 aromatic heterocycles. The van der Waals surface area contributed by atoms with Gasteiger partial charge in [-0.05, 0) is 31.0 Å². The van der Waals surface area contributed by atoms with Crippen LogP contribution in [0.15, 0.2) is 33.8 Å². The van der Waals surface area contributed by atoms with Gasteiger partial charge in [0, 0.05) is 25.4 Å². The van der Waals surface area contributed by atoms with E-state index in [1.54, 1.807) is 7.11 Å². The number of nitrogens with zero attached hydrogens (tertiary/aromatic N) is 3. The molecule has 2 aromatic rings. The standard InChI is InChI=1S/C19H29N5O2/c1-5-20-19(22-13-15-8-10-16(25-4)11-9-15)21-12-6-7-17-23-18(14(2)3)24-26-17/h8-11,14H,5-7,12-13H2,1-4H3,(H2,20,21,22). The molecule has 0 aliphatic rings. The first-order chi connectivity index (χ1) is 12.6. The average molecular weight is 359 g/mol. The van der Waals surface area contributed by atoms with E-state index in [2.05, 4.69) is 46.5 Å². The van der Waals surface area contributed by atoms with Crippen LogP contribution in [-0.2, 0) is 13.0 Å². The fourth-order valence-electron chi connectivity index (χ4n) is 2.29. The molecule has 0 amide bonds. The Bertz CT molecular complexity index is 679. The first-order valence-electron chi connectivity index (χ1n) is 9.10. The van der Waals surface area contributed by atoms with E-state index in [0.717, 1.165) is 49.0 Å². The van der Waals surface area contributed by atoms with Gasteiger partial charge in [0.25, 0.3) is 0 Å². The van der Waals surface area contributed by atoms with Gasteiger partial charge in [0.15, 0.2) is 11.8 Å². The van der Waals surface area contributed by atoms with E-state index in [-0.39, 0.29) is 5.92 Å². The summed E-state index contributed by atoms with van der Waals surface area (Å²) in [6, 6.07) is 7.93. The van der Waals surface area contributed by atoms with Gasteiger partial charge in [0.2, 0.25) is 5.89 Å². The van der Waals surface area contributed by atoms with E-state index >= 15 is 0 Å². The molecule has 2 N–H and O–H groups in total. The second-order valence-corrected chi connectivity index (χ2v) is 6.27. The van der Waals surface area contributed by atoms with Gasteiger partial charge in [-0.15, -0.1) is 0 Å². The molecule has 0 radical (unpaired) electrons. The Morgan fingerprint density at radius 1 is 1.23 bits per heavy atom. The van der Waals surface area contributed by atoms with E-state index in [9.17, 15) is 0 Å². The maximum Gasteiger partial charge on any atom is 0.226 e. The number of methoxy groups -OCH3 is 1. The number of guanidine groups is 1. The summed E-state index contributed by atoms with van der Waals surface area (Å²) in [5, 5.41) is 10.6. The highest BCUT2D eigenvalue weighted by atomic mass is 16.5. The zero-order valence-corrected chi connectivity index (χ0v) is 16.1. The highest BCUT2D eigenvalue weighted by molar-refractivity contribution is 5.79. The molecule has 0 aliphatic heterocycles. The van der Waals surface area contributed by atoms with Crippen molar-refractivity contribution < 1.29 is 9.26 Å². The first-order valence-corrected chi connectivity index (χ1v) is 9.10. The largest absolute Gasteiger partial charge is 0.497 e. The van der Waals surface area contributed by atoms with Crippen LogP contribution in [-0.4, -0.2) is 36.3 Å². The van der Waals surface area contributed by atoms with Crippen molar-refractivity contribution in [2.45, 2.75) is 46.1 Å². The van der Waals surface area contributed by atoms with E-state index in [0.29, 0.717) is 12.4 Å². The topological polar surface area (TPSA) is 84.6 Å². The first kappa shape index (κ1) is 19.8. The van der Waals surface area contributed by atoms with Gasteiger partial charge in [0.1, 0.15) is 5.75 Å². The van der Waals surface area contributed by atoms with Crippen molar-refractivity contribution in [3.8, 4) is 5.75 Å². The number of aliphatic imine (C=N–C) groups is 1. The minimum absolute atomic E-state index is 0.288. The third kappa shape index (κ3) is 6.38. The van der Waals surface area contributed by atoms with Crippen LogP contribution in [0.5, 0.6) is 5.75 Å². The van der Waals surface area contributed by atoms with Crippen molar-refractivity contribution in [1.29, 1.82) is 0 Å². The lowest BCUT2D eigenvalue weighted by Crippen LogP contribution is -2.37. The number of aromatic nitrogens is 2. The third-order valence-electron chi connectivity index (χ3n) is 3.78. The molecule has 0 fully saturated rings. The fraction of sp³-hybridized carbons (Fsp3) is 0.526. The van der Waals surface area contributed by atoms with Crippen LogP contribution in [0.3, 0.4) is 0 Å². The number of benzene rings is 1. The van der Waals surface area contributed by atoms with Gasteiger partial charge < -0.3 is 19.9 Å². The summed E-state index contributed by atoms with van der Waals surface area (Å²) >= 11 is 0. The molecule has 1 aromatic carbocycles. The predicted octanol–water partition coefficient (Wildman–Crippen LogP) is 2.89. The Morgan fingerprint density at radius 3 is 2.62 bits per heavy atom. The van der Waals surface area contributed by atoms with Gasteiger partial charge in [-0.25, -0.2) is 4.99 Å². The normalized spacial score (nSPS) is 11.7. The van der Waals surface area contributed by atoms with Gasteiger partial charge >= 0.3 is 0 Å². The van der Waals surface area contributed by atoms with E-state index in [4.69, 9.17) is 9.26 Å². The lowest BCUT2D eigenvalue weighted by molar-refractivity contribution is 0.368. The van der Waals surface area contributed by atoms with Crippen molar-refractivity contribution in [2.24, 2.45) is 4.99 Å². The molecule has 26 heavy (non-hydrogen) atoms. The van der Waals surface area contributed by atoms with Crippen LogP contribution in [0, 0.1) is 0 Å². The second kappa shape index (κ2) is 10.4. The molecule has 142 valence electrons. The van der Waals surface area contributed by atoms with Crippen molar-refractivity contribution in [1.82, 2.24) is 20.8 Å². The van der Waals surface area contributed by atoms with Crippen molar-refractivity contribution >= 4 is 5.96 Å². The quantitative estimate of drug-likeness (QED) is 0.407. The zero-order chi connectivity index (χ0) is 18.8. The molecular weight excluding hydrogens is 330 g/mol. The number of hydrogen-bond donors (Lipinski definition) is 2. The van der Waals surface area contributed by atoms with Crippen LogP contribution >= 0.6 is 0 Å². The number of aryl methyl sites for hydroxylation is 1. The van der Waals surface area contributed by atoms with E-state index < -0.39 is 0 Å². The smallest absolute Gasteiger partial charge is 0.226 e. The average Bonchev–Trinajstić information content (AvgIpc) is 3.13. The molecular formula is C19H29N5O2. The predicted molar refractivity (Wildman–Crippen MR) is 103 cm³/mol. The molecule has 0 aliphatic carbocycles. The molecule has 0 saturated carbocycles. The molecule has 7 nitrogen and oxygen atoms in total. The lowest BCUT2D eigenvalue weighted by Gasteiger charge is -2.11. The van der Waals surface area contributed by atoms with Gasteiger partial charge in [0.05, 0.1) is 13.7 Å². The minimum atomic E-state index is 0.288. The van der Waals surface area contributed by atoms with Crippen molar-refractivity contribution in [2.75, 3.05) is 20.2 Å². The summed E-state index contributed by atoms with van der Waals surface area (Å²) in [6.07, 6.45) is 1.65. The number of hydrogen-bond acceptors (Lipinski definition) is 5. The van der Waals surface area contributed by atoms with Gasteiger partial charge in [-0.1, -0.05) is 31.1 Å². The molecule has 1 heterocycles. The minimum Gasteiger partial charge on any atom is -0.497 e. The molecule has 0 saturated heterocycles. The molecule has 0 unspecified atom stereocenters. The van der Waals surface area contributed by atoms with Crippen LogP contribution in [0.25, 0.3) is 0 Å². The monoisotopic (exact) mass is 359 g/mol. The number of nitrogens with one attached hydrogen (secondary N) is 2. The zero-order valence-electron chi connectivity index (χ0n) is 16.1. The molecule has 2 rings (SSSR count). The SMILES string of the molecule is CCNC(=NCc1ccc(OC)cc1)NCCCc1nc(C(C)C)no1. The maximum absolute atomic E-state index is 5.26. The Morgan fingerprint density at radius 2 is 2.00 bits per heavy atom. The number of rotatable bonds is 9. The summed E-state index contributed by atoms with van der Waals surface area (Å²) in [5.74, 6) is 3.40. The molecule has 0 atom stereocenters. The summed E-state index contributed by atoms with van der Waals surface area (Å²) in [5.41, 5.74) is 1.13. The Labute approximate surface area is 155 Å². The summed E-state index contributed by atoms with van der Waals surface area (Å²) in [4.78, 5) is 9.00. The van der Waals surface area contributed by atoms with Crippen LogP contribution in [0.2, 0.25) is 0 Å². The summed E-state index contributed by atoms with van der Waals surface area (Å²) in [6.45, 7) is 8.37. The Balaban J connectivity index is 1.78. The Kier molecular flexibility index (Phi) is 7.92. The maximum atomic E-state index is 5.26. The Hall–Kier alpha value is -2.57. The highest BCUT2D eigenvalue weighted by Crippen LogP contribution is 2.12. The van der Waals surface area contributed by atoms with Crippen LogP contribution < -0.4 is 15.4 Å². The van der Waals surface area contributed by atoms with Crippen molar-refractivity contribution in [3.63, 3.8) is 0 Å². The molecule has 0 spiro atoms. The third-order valence-corrected chi connectivity index (χ3v) is 3.78. The number of ether oxygens (including phenoxy) is 1. The van der Waals surface area contributed by atoms with Gasteiger partial charge in [-0.2, -0.15) is 4.98 Å². The molecule has 0 bridgehead atoms. The highest BCUT2D eigenvalue weighted by Gasteiger charge is 2.09. The van der Waals surface area contributed by atoms with Crippen LogP contribution in [0.1, 0.15) is 50.4 Å². The summed E-state index contributed by atoms with van der Waals surface area (Å²) in [7, 11) is 1.66. The van der Waals surface area contributed by atoms with E-state index in [1.165, 1.54) is 0 Å². The second-order valence-electron chi connectivity index (χ2n) is 6.27. The van der Waals surface area contributed by atoms with E-state index in [1.807, 2.05) is 24.3 Å². The van der Waals surface area contributed by atoms with Gasteiger partial charge in [-0.3, -0.25) is 0 Å². The molecule has 7 heteroatoms. The van der Waals surface area contributed by atoms with Crippen LogP contribution in [0.4, 0.5) is 0 Å². The lowest BCUT2D eigenvalue weighted by atomic mass is 10.2.